The first-order valence-corrected chi connectivity index (χ1v) is 8.08. The zero-order valence-electron chi connectivity index (χ0n) is 13.8. The predicted octanol–water partition coefficient (Wildman–Crippen LogP) is 3.18. The molecule has 0 aliphatic carbocycles. The van der Waals surface area contributed by atoms with E-state index in [-0.39, 0.29) is 13.2 Å². The smallest absolute Gasteiger partial charge is 0.213 e. The Morgan fingerprint density at radius 1 is 0.962 bits per heavy atom. The molecule has 0 amide bonds. The molecule has 3 heterocycles. The van der Waals surface area contributed by atoms with Gasteiger partial charge in [0.15, 0.2) is 0 Å². The highest BCUT2D eigenvalue weighted by molar-refractivity contribution is 5.86. The second kappa shape index (κ2) is 7.20. The topological polar surface area (TPSA) is 93.2 Å². The van der Waals surface area contributed by atoms with E-state index in [0.29, 0.717) is 17.4 Å². The molecule has 0 spiro atoms. The number of pyridine rings is 1. The standard InChI is InChI=1S/C19H16N4O3/c24-7-8-25-19-4-2-15(11-22-19)26-14-1-3-16-13(9-14)10-17(23-16)18-12-20-5-6-21-18/h1-6,9-12,23-24H,7-8H2. The summed E-state index contributed by atoms with van der Waals surface area (Å²) >= 11 is 0. The monoisotopic (exact) mass is 348 g/mol. The van der Waals surface area contributed by atoms with Crippen LogP contribution in [0.4, 0.5) is 0 Å². The van der Waals surface area contributed by atoms with Gasteiger partial charge in [0.25, 0.3) is 0 Å². The molecule has 130 valence electrons. The van der Waals surface area contributed by atoms with Crippen LogP contribution in [0.2, 0.25) is 0 Å². The number of aliphatic hydroxyl groups is 1. The van der Waals surface area contributed by atoms with Crippen molar-refractivity contribution in [1.29, 1.82) is 0 Å². The van der Waals surface area contributed by atoms with Gasteiger partial charge in [-0.15, -0.1) is 0 Å². The average Bonchev–Trinajstić information content (AvgIpc) is 3.12. The molecule has 7 heteroatoms. The molecule has 0 bridgehead atoms. The molecule has 3 aromatic heterocycles. The lowest BCUT2D eigenvalue weighted by molar-refractivity contribution is 0.196. The number of aromatic amines is 1. The van der Waals surface area contributed by atoms with Gasteiger partial charge in [0, 0.05) is 29.4 Å². The van der Waals surface area contributed by atoms with Crippen molar-refractivity contribution >= 4 is 10.9 Å². The molecule has 7 nitrogen and oxygen atoms in total. The Labute approximate surface area is 149 Å². The minimum absolute atomic E-state index is 0.0485. The Morgan fingerprint density at radius 3 is 2.65 bits per heavy atom. The Morgan fingerprint density at radius 2 is 1.88 bits per heavy atom. The average molecular weight is 348 g/mol. The number of hydrogen-bond donors (Lipinski definition) is 2. The summed E-state index contributed by atoms with van der Waals surface area (Å²) in [4.78, 5) is 15.9. The Hall–Kier alpha value is -3.45. The van der Waals surface area contributed by atoms with Crippen molar-refractivity contribution in [1.82, 2.24) is 19.9 Å². The SMILES string of the molecule is OCCOc1ccc(Oc2ccc3[nH]c(-c4cnccn4)cc3c2)cn1. The third kappa shape index (κ3) is 3.47. The summed E-state index contributed by atoms with van der Waals surface area (Å²) in [6, 6.07) is 11.3. The molecule has 4 aromatic rings. The van der Waals surface area contributed by atoms with Crippen molar-refractivity contribution in [3.05, 3.63) is 61.2 Å². The summed E-state index contributed by atoms with van der Waals surface area (Å²) < 4.78 is 11.1. The number of hydrogen-bond acceptors (Lipinski definition) is 6. The van der Waals surface area contributed by atoms with Crippen LogP contribution >= 0.6 is 0 Å². The molecule has 26 heavy (non-hydrogen) atoms. The van der Waals surface area contributed by atoms with Gasteiger partial charge in [0.2, 0.25) is 5.88 Å². The number of rotatable bonds is 6. The molecule has 1 aromatic carbocycles. The van der Waals surface area contributed by atoms with Gasteiger partial charge >= 0.3 is 0 Å². The first-order chi connectivity index (χ1) is 12.8. The molecule has 0 aliphatic heterocycles. The number of benzene rings is 1. The molecule has 0 saturated carbocycles. The minimum atomic E-state index is -0.0485. The van der Waals surface area contributed by atoms with Gasteiger partial charge < -0.3 is 19.6 Å². The fourth-order valence-corrected chi connectivity index (χ4v) is 2.55. The summed E-state index contributed by atoms with van der Waals surface area (Å²) in [5.41, 5.74) is 2.68. The normalized spacial score (nSPS) is 10.8. The zero-order valence-corrected chi connectivity index (χ0v) is 13.8. The van der Waals surface area contributed by atoms with E-state index in [1.807, 2.05) is 24.3 Å². The lowest BCUT2D eigenvalue weighted by Crippen LogP contribution is -2.02. The summed E-state index contributed by atoms with van der Waals surface area (Å²) in [7, 11) is 0. The van der Waals surface area contributed by atoms with Crippen LogP contribution in [0, 0.1) is 0 Å². The van der Waals surface area contributed by atoms with Crippen LogP contribution in [0.25, 0.3) is 22.3 Å². The van der Waals surface area contributed by atoms with Crippen LogP contribution in [-0.4, -0.2) is 38.3 Å². The lowest BCUT2D eigenvalue weighted by Gasteiger charge is -2.07. The van der Waals surface area contributed by atoms with Crippen LogP contribution in [0.3, 0.4) is 0 Å². The quantitative estimate of drug-likeness (QED) is 0.556. The van der Waals surface area contributed by atoms with Crippen molar-refractivity contribution in [3.8, 4) is 28.8 Å². The highest BCUT2D eigenvalue weighted by Crippen LogP contribution is 2.28. The molecule has 0 unspecified atom stereocenters. The highest BCUT2D eigenvalue weighted by atomic mass is 16.5. The van der Waals surface area contributed by atoms with Gasteiger partial charge in [-0.25, -0.2) is 4.98 Å². The molecule has 0 saturated heterocycles. The summed E-state index contributed by atoms with van der Waals surface area (Å²) in [6.07, 6.45) is 6.61. The van der Waals surface area contributed by atoms with E-state index in [0.717, 1.165) is 22.3 Å². The van der Waals surface area contributed by atoms with Crippen LogP contribution in [0.15, 0.2) is 61.2 Å². The fourth-order valence-electron chi connectivity index (χ4n) is 2.55. The first kappa shape index (κ1) is 16.0. The maximum atomic E-state index is 8.75. The maximum Gasteiger partial charge on any atom is 0.213 e. The second-order valence-electron chi connectivity index (χ2n) is 5.53. The second-order valence-corrected chi connectivity index (χ2v) is 5.53. The van der Waals surface area contributed by atoms with Crippen molar-refractivity contribution in [3.63, 3.8) is 0 Å². The van der Waals surface area contributed by atoms with Crippen LogP contribution in [0.1, 0.15) is 0 Å². The number of fused-ring (bicyclic) bond motifs is 1. The number of aliphatic hydroxyl groups excluding tert-OH is 1. The number of ether oxygens (including phenoxy) is 2. The molecular weight excluding hydrogens is 332 g/mol. The fraction of sp³-hybridized carbons (Fsp3) is 0.105. The first-order valence-electron chi connectivity index (χ1n) is 8.08. The minimum Gasteiger partial charge on any atom is -0.475 e. The van der Waals surface area contributed by atoms with Crippen molar-refractivity contribution in [2.45, 2.75) is 0 Å². The van der Waals surface area contributed by atoms with Gasteiger partial charge in [-0.1, -0.05) is 0 Å². The van der Waals surface area contributed by atoms with E-state index >= 15 is 0 Å². The zero-order chi connectivity index (χ0) is 17.8. The van der Waals surface area contributed by atoms with Crippen LogP contribution in [-0.2, 0) is 0 Å². The molecular formula is C19H16N4O3. The number of H-pyrrole nitrogens is 1. The number of nitrogens with one attached hydrogen (secondary N) is 1. The van der Waals surface area contributed by atoms with E-state index < -0.39 is 0 Å². The van der Waals surface area contributed by atoms with E-state index in [1.165, 1.54) is 0 Å². The van der Waals surface area contributed by atoms with E-state index in [4.69, 9.17) is 14.6 Å². The summed E-state index contributed by atoms with van der Waals surface area (Å²) in [5, 5.41) is 9.76. The van der Waals surface area contributed by atoms with Gasteiger partial charge in [-0.05, 0) is 30.3 Å². The van der Waals surface area contributed by atoms with Gasteiger partial charge in [0.05, 0.1) is 24.7 Å². The lowest BCUT2D eigenvalue weighted by atomic mass is 10.2. The largest absolute Gasteiger partial charge is 0.475 e. The Bertz CT molecular complexity index is 1000. The Balaban J connectivity index is 1.54. The van der Waals surface area contributed by atoms with E-state index in [2.05, 4.69) is 19.9 Å². The maximum absolute atomic E-state index is 8.75. The molecule has 0 fully saturated rings. The third-order valence-electron chi connectivity index (χ3n) is 3.72. The third-order valence-corrected chi connectivity index (χ3v) is 3.72. The van der Waals surface area contributed by atoms with Gasteiger partial charge in [-0.3, -0.25) is 9.97 Å². The summed E-state index contributed by atoms with van der Waals surface area (Å²) in [5.74, 6) is 1.75. The van der Waals surface area contributed by atoms with E-state index in [1.54, 1.807) is 36.9 Å². The van der Waals surface area contributed by atoms with Crippen LogP contribution < -0.4 is 9.47 Å². The van der Waals surface area contributed by atoms with E-state index in [9.17, 15) is 0 Å². The van der Waals surface area contributed by atoms with Crippen molar-refractivity contribution in [2.75, 3.05) is 13.2 Å². The van der Waals surface area contributed by atoms with Crippen LogP contribution in [0.5, 0.6) is 17.4 Å². The molecule has 0 radical (unpaired) electrons. The Kier molecular flexibility index (Phi) is 4.44. The number of aromatic nitrogens is 4. The molecule has 0 atom stereocenters. The predicted molar refractivity (Wildman–Crippen MR) is 96.2 cm³/mol. The highest BCUT2D eigenvalue weighted by Gasteiger charge is 2.07. The van der Waals surface area contributed by atoms with Gasteiger partial charge in [-0.2, -0.15) is 0 Å². The molecule has 0 aliphatic rings. The van der Waals surface area contributed by atoms with Crippen molar-refractivity contribution < 1.29 is 14.6 Å². The van der Waals surface area contributed by atoms with Crippen molar-refractivity contribution in [2.24, 2.45) is 0 Å². The molecule has 2 N–H and O–H groups in total. The van der Waals surface area contributed by atoms with Gasteiger partial charge in [0.1, 0.15) is 23.8 Å². The molecule has 4 rings (SSSR count). The summed E-state index contributed by atoms with van der Waals surface area (Å²) in [6.45, 7) is 0.165. The number of nitrogens with zero attached hydrogens (tertiary/aromatic N) is 3.